The number of halogens is 1. The molecule has 0 aliphatic carbocycles. The van der Waals surface area contributed by atoms with E-state index in [9.17, 15) is 16.8 Å². The molecule has 1 aliphatic rings. The molecule has 0 fully saturated rings. The summed E-state index contributed by atoms with van der Waals surface area (Å²) >= 11 is 3.29. The minimum Gasteiger partial charge on any atom is -0.279 e. The molecular weight excluding hydrogens is 406 g/mol. The highest BCUT2D eigenvalue weighted by molar-refractivity contribution is 9.10. The van der Waals surface area contributed by atoms with E-state index in [0.717, 1.165) is 5.69 Å². The lowest BCUT2D eigenvalue weighted by Gasteiger charge is -2.08. The average Bonchev–Trinajstić information content (AvgIpc) is 2.99. The molecule has 1 aromatic carbocycles. The highest BCUT2D eigenvalue weighted by Gasteiger charge is 2.29. The van der Waals surface area contributed by atoms with Gasteiger partial charge in [-0.3, -0.25) is 9.82 Å². The molecule has 0 unspecified atom stereocenters. The van der Waals surface area contributed by atoms with Crippen LogP contribution in [0, 0.1) is 0 Å². The molecule has 2 aromatic rings. The van der Waals surface area contributed by atoms with Gasteiger partial charge in [0.1, 0.15) is 0 Å². The third-order valence-corrected chi connectivity index (χ3v) is 7.67. The van der Waals surface area contributed by atoms with E-state index in [1.807, 2.05) is 6.92 Å². The van der Waals surface area contributed by atoms with E-state index in [1.165, 1.54) is 12.1 Å². The van der Waals surface area contributed by atoms with Gasteiger partial charge in [0.05, 0.1) is 25.7 Å². The van der Waals surface area contributed by atoms with E-state index in [-0.39, 0.29) is 21.4 Å². The van der Waals surface area contributed by atoms with E-state index in [1.54, 1.807) is 6.07 Å². The first-order valence-electron chi connectivity index (χ1n) is 6.86. The van der Waals surface area contributed by atoms with E-state index >= 15 is 0 Å². The Balaban J connectivity index is 1.99. The van der Waals surface area contributed by atoms with Crippen molar-refractivity contribution in [2.24, 2.45) is 0 Å². The molecule has 0 spiro atoms. The van der Waals surface area contributed by atoms with Crippen LogP contribution in [0.15, 0.2) is 32.5 Å². The fraction of sp³-hybridized carbons (Fsp3) is 0.308. The standard InChI is InChI=1S/C13H14BrN3O4S2/c1-2-10-12(14)13(16-15-10)17-23(20,21)9-4-3-8-5-6-22(18,19)11(8)7-9/h3-4,7H,2,5-6H2,1H3,(H2,15,16,17). The predicted octanol–water partition coefficient (Wildman–Crippen LogP) is 1.87. The highest BCUT2D eigenvalue weighted by atomic mass is 79.9. The quantitative estimate of drug-likeness (QED) is 0.785. The van der Waals surface area contributed by atoms with Crippen LogP contribution in [0.3, 0.4) is 0 Å². The Morgan fingerprint density at radius 2 is 2.13 bits per heavy atom. The van der Waals surface area contributed by atoms with Gasteiger partial charge in [-0.1, -0.05) is 13.0 Å². The zero-order valence-electron chi connectivity index (χ0n) is 12.1. The number of sulfone groups is 1. The zero-order valence-corrected chi connectivity index (χ0v) is 15.3. The van der Waals surface area contributed by atoms with Crippen molar-refractivity contribution in [1.29, 1.82) is 0 Å². The molecule has 2 N–H and O–H groups in total. The van der Waals surface area contributed by atoms with Gasteiger partial charge >= 0.3 is 0 Å². The maximum Gasteiger partial charge on any atom is 0.263 e. The number of hydrogen-bond acceptors (Lipinski definition) is 5. The molecule has 1 aliphatic heterocycles. The number of aromatic nitrogens is 2. The number of nitrogens with one attached hydrogen (secondary N) is 2. The first kappa shape index (κ1) is 16.5. The number of sulfonamides is 1. The van der Waals surface area contributed by atoms with Crippen LogP contribution in [0.4, 0.5) is 5.82 Å². The first-order valence-corrected chi connectivity index (χ1v) is 10.8. The molecule has 0 bridgehead atoms. The summed E-state index contributed by atoms with van der Waals surface area (Å²) in [7, 11) is -7.32. The van der Waals surface area contributed by atoms with Crippen LogP contribution < -0.4 is 4.72 Å². The molecule has 2 heterocycles. The van der Waals surface area contributed by atoms with Crippen molar-refractivity contribution in [3.8, 4) is 0 Å². The van der Waals surface area contributed by atoms with E-state index in [2.05, 4.69) is 30.8 Å². The fourth-order valence-electron chi connectivity index (χ4n) is 2.40. The zero-order chi connectivity index (χ0) is 16.8. The molecule has 7 nitrogen and oxygen atoms in total. The summed E-state index contributed by atoms with van der Waals surface area (Å²) in [6.45, 7) is 1.90. The number of aromatic amines is 1. The number of H-pyrrole nitrogens is 1. The third-order valence-electron chi connectivity index (χ3n) is 3.68. The van der Waals surface area contributed by atoms with Crippen LogP contribution in [0.2, 0.25) is 0 Å². The largest absolute Gasteiger partial charge is 0.279 e. The SMILES string of the molecule is CCc1[nH]nc(NS(=O)(=O)c2ccc3c(c2)S(=O)(=O)CC3)c1Br. The number of fused-ring (bicyclic) bond motifs is 1. The predicted molar refractivity (Wildman–Crippen MR) is 88.7 cm³/mol. The van der Waals surface area contributed by atoms with Crippen molar-refractivity contribution >= 4 is 41.6 Å². The van der Waals surface area contributed by atoms with Crippen molar-refractivity contribution in [3.63, 3.8) is 0 Å². The van der Waals surface area contributed by atoms with Gasteiger partial charge in [0.2, 0.25) is 0 Å². The third kappa shape index (κ3) is 2.90. The molecule has 23 heavy (non-hydrogen) atoms. The van der Waals surface area contributed by atoms with E-state index in [0.29, 0.717) is 22.9 Å². The Bertz CT molecular complexity index is 981. The monoisotopic (exact) mass is 419 g/mol. The van der Waals surface area contributed by atoms with Crippen LogP contribution in [-0.4, -0.2) is 32.8 Å². The Morgan fingerprint density at radius 3 is 2.78 bits per heavy atom. The average molecular weight is 420 g/mol. The van der Waals surface area contributed by atoms with Crippen molar-refractivity contribution < 1.29 is 16.8 Å². The van der Waals surface area contributed by atoms with Crippen LogP contribution in [-0.2, 0) is 32.7 Å². The molecule has 3 rings (SSSR count). The Hall–Kier alpha value is -1.39. The number of benzene rings is 1. The van der Waals surface area contributed by atoms with Gasteiger partial charge < -0.3 is 0 Å². The topological polar surface area (TPSA) is 109 Å². The normalized spacial score (nSPS) is 16.3. The maximum atomic E-state index is 12.5. The van der Waals surface area contributed by atoms with Crippen LogP contribution in [0.1, 0.15) is 18.2 Å². The minimum atomic E-state index is -3.93. The molecule has 1 aromatic heterocycles. The first-order chi connectivity index (χ1) is 10.7. The number of aryl methyl sites for hydroxylation is 2. The summed E-state index contributed by atoms with van der Waals surface area (Å²) in [5.41, 5.74) is 1.41. The second-order valence-corrected chi connectivity index (χ2v) is 9.72. The maximum absolute atomic E-state index is 12.5. The Labute approximate surface area is 142 Å². The highest BCUT2D eigenvalue weighted by Crippen LogP contribution is 2.30. The molecule has 0 saturated carbocycles. The molecule has 0 amide bonds. The molecule has 10 heteroatoms. The van der Waals surface area contributed by atoms with Crippen LogP contribution in [0.25, 0.3) is 0 Å². The summed E-state index contributed by atoms with van der Waals surface area (Å²) in [6, 6.07) is 4.16. The lowest BCUT2D eigenvalue weighted by atomic mass is 10.2. The minimum absolute atomic E-state index is 0.0179. The van der Waals surface area contributed by atoms with Gasteiger partial charge in [-0.25, -0.2) is 16.8 Å². The van der Waals surface area contributed by atoms with Gasteiger partial charge in [0.25, 0.3) is 10.0 Å². The van der Waals surface area contributed by atoms with Crippen LogP contribution in [0.5, 0.6) is 0 Å². The van der Waals surface area contributed by atoms with Crippen molar-refractivity contribution in [2.75, 3.05) is 10.5 Å². The molecule has 0 radical (unpaired) electrons. The summed E-state index contributed by atoms with van der Waals surface area (Å²) in [5.74, 6) is 0.162. The van der Waals surface area contributed by atoms with Crippen molar-refractivity contribution in [1.82, 2.24) is 10.2 Å². The summed E-state index contributed by atoms with van der Waals surface area (Å²) in [5, 5.41) is 6.65. The van der Waals surface area contributed by atoms with Crippen LogP contribution >= 0.6 is 15.9 Å². The van der Waals surface area contributed by atoms with E-state index in [4.69, 9.17) is 0 Å². The van der Waals surface area contributed by atoms with Gasteiger partial charge in [0, 0.05) is 0 Å². The van der Waals surface area contributed by atoms with E-state index < -0.39 is 19.9 Å². The second kappa shape index (κ2) is 5.60. The van der Waals surface area contributed by atoms with Gasteiger partial charge in [-0.2, -0.15) is 5.10 Å². The summed E-state index contributed by atoms with van der Waals surface area (Å²) < 4.78 is 51.8. The van der Waals surface area contributed by atoms with Gasteiger partial charge in [-0.15, -0.1) is 0 Å². The molecule has 0 saturated heterocycles. The van der Waals surface area contributed by atoms with Gasteiger partial charge in [0.15, 0.2) is 15.7 Å². The molecule has 124 valence electrons. The number of hydrogen-bond donors (Lipinski definition) is 2. The Morgan fingerprint density at radius 1 is 1.39 bits per heavy atom. The Kier molecular flexibility index (Phi) is 4.01. The van der Waals surface area contributed by atoms with Crippen molar-refractivity contribution in [3.05, 3.63) is 33.9 Å². The number of rotatable bonds is 4. The second-order valence-electron chi connectivity index (χ2n) is 5.16. The lowest BCUT2D eigenvalue weighted by Crippen LogP contribution is -2.14. The number of nitrogens with zero attached hydrogens (tertiary/aromatic N) is 1. The number of anilines is 1. The smallest absolute Gasteiger partial charge is 0.263 e. The summed E-state index contributed by atoms with van der Waals surface area (Å²) in [4.78, 5) is -0.00890. The molecular formula is C13H14BrN3O4S2. The van der Waals surface area contributed by atoms with Crippen molar-refractivity contribution in [2.45, 2.75) is 29.6 Å². The summed E-state index contributed by atoms with van der Waals surface area (Å²) in [6.07, 6.45) is 1.07. The fourth-order valence-corrected chi connectivity index (χ4v) is 5.79. The van der Waals surface area contributed by atoms with Gasteiger partial charge in [-0.05, 0) is 46.5 Å². The lowest BCUT2D eigenvalue weighted by molar-refractivity contribution is 0.599. The molecule has 0 atom stereocenters.